The van der Waals surface area contributed by atoms with E-state index in [4.69, 9.17) is 11.5 Å². The molecule has 2 aromatic rings. The Morgan fingerprint density at radius 2 is 1.58 bits per heavy atom. The highest BCUT2D eigenvalue weighted by molar-refractivity contribution is 5.95. The molecular weight excluding hydrogens is 468 g/mol. The van der Waals surface area contributed by atoms with Gasteiger partial charge in [-0.1, -0.05) is 32.0 Å². The fourth-order valence-corrected chi connectivity index (χ4v) is 3.69. The minimum atomic E-state index is -1.23. The van der Waals surface area contributed by atoms with E-state index < -0.39 is 53.8 Å². The number of hydrogen-bond acceptors (Lipinski definition) is 6. The van der Waals surface area contributed by atoms with Gasteiger partial charge in [-0.15, -0.1) is 0 Å². The molecule has 2 rings (SSSR count). The number of aromatic nitrogens is 1. The zero-order chi connectivity index (χ0) is 27.0. The molecule has 4 amide bonds. The predicted molar refractivity (Wildman–Crippen MR) is 132 cm³/mol. The third kappa shape index (κ3) is 8.08. The molecule has 1 aromatic heterocycles. The van der Waals surface area contributed by atoms with Gasteiger partial charge in [-0.2, -0.15) is 0 Å². The van der Waals surface area contributed by atoms with Crippen molar-refractivity contribution >= 4 is 40.5 Å². The number of nitrogens with two attached hydrogens (primary N) is 2. The van der Waals surface area contributed by atoms with Crippen LogP contribution in [0.25, 0.3) is 10.9 Å². The number of hydrogen-bond donors (Lipinski definition) is 7. The summed E-state index contributed by atoms with van der Waals surface area (Å²) in [6, 6.07) is 2.84. The molecule has 0 aliphatic rings. The number of amides is 4. The van der Waals surface area contributed by atoms with Crippen LogP contribution in [0.3, 0.4) is 0 Å². The van der Waals surface area contributed by atoms with E-state index >= 15 is 0 Å². The first kappa shape index (κ1) is 28.3. The minimum Gasteiger partial charge on any atom is -0.480 e. The van der Waals surface area contributed by atoms with Crippen molar-refractivity contribution in [1.82, 2.24) is 20.9 Å². The Balaban J connectivity index is 2.03. The highest BCUT2D eigenvalue weighted by Crippen LogP contribution is 2.19. The van der Waals surface area contributed by atoms with Crippen molar-refractivity contribution in [2.75, 3.05) is 0 Å². The molecule has 0 aliphatic carbocycles. The van der Waals surface area contributed by atoms with Gasteiger partial charge in [0.25, 0.3) is 0 Å². The van der Waals surface area contributed by atoms with E-state index in [9.17, 15) is 29.1 Å². The summed E-state index contributed by atoms with van der Waals surface area (Å²) < 4.78 is 0. The monoisotopic (exact) mass is 502 g/mol. The Morgan fingerprint density at radius 1 is 0.944 bits per heavy atom. The molecule has 0 aliphatic heterocycles. The Morgan fingerprint density at radius 3 is 2.19 bits per heavy atom. The molecule has 196 valence electrons. The van der Waals surface area contributed by atoms with Gasteiger partial charge in [0.15, 0.2) is 0 Å². The van der Waals surface area contributed by atoms with Crippen molar-refractivity contribution in [1.29, 1.82) is 0 Å². The number of carbonyl (C=O) groups is 5. The van der Waals surface area contributed by atoms with Crippen LogP contribution in [0, 0.1) is 5.92 Å². The number of para-hydroxylation sites is 1. The maximum absolute atomic E-state index is 12.8. The summed E-state index contributed by atoms with van der Waals surface area (Å²) in [5.74, 6) is -4.04. The number of aromatic amines is 1. The van der Waals surface area contributed by atoms with E-state index in [1.807, 2.05) is 38.1 Å². The largest absolute Gasteiger partial charge is 0.480 e. The fourth-order valence-electron chi connectivity index (χ4n) is 3.69. The van der Waals surface area contributed by atoms with Crippen LogP contribution >= 0.6 is 0 Å². The van der Waals surface area contributed by atoms with Crippen molar-refractivity contribution < 1.29 is 29.1 Å². The Bertz CT molecular complexity index is 1110. The number of H-pyrrole nitrogens is 1. The molecule has 36 heavy (non-hydrogen) atoms. The molecule has 9 N–H and O–H groups in total. The number of nitrogens with one attached hydrogen (secondary N) is 4. The summed E-state index contributed by atoms with van der Waals surface area (Å²) in [7, 11) is 0. The quantitative estimate of drug-likeness (QED) is 0.191. The number of carboxylic acid groups (broad SMARTS) is 1. The van der Waals surface area contributed by atoms with Crippen molar-refractivity contribution in [2.24, 2.45) is 17.4 Å². The second-order valence-corrected chi connectivity index (χ2v) is 9.16. The zero-order valence-corrected chi connectivity index (χ0v) is 20.5. The number of carbonyl (C=O) groups excluding carboxylic acids is 4. The molecule has 4 unspecified atom stereocenters. The summed E-state index contributed by atoms with van der Waals surface area (Å²) in [4.78, 5) is 63.8. The lowest BCUT2D eigenvalue weighted by Gasteiger charge is -2.24. The first-order valence-electron chi connectivity index (χ1n) is 11.6. The van der Waals surface area contributed by atoms with Crippen LogP contribution in [0.5, 0.6) is 0 Å². The van der Waals surface area contributed by atoms with E-state index in [1.165, 1.54) is 6.92 Å². The van der Waals surface area contributed by atoms with Crippen molar-refractivity contribution in [3.8, 4) is 0 Å². The van der Waals surface area contributed by atoms with Gasteiger partial charge in [-0.05, 0) is 30.9 Å². The van der Waals surface area contributed by atoms with E-state index in [0.717, 1.165) is 16.5 Å². The number of benzene rings is 1. The van der Waals surface area contributed by atoms with Crippen molar-refractivity contribution in [3.05, 3.63) is 36.0 Å². The van der Waals surface area contributed by atoms with Gasteiger partial charge in [-0.3, -0.25) is 19.2 Å². The molecule has 12 heteroatoms. The SMILES string of the molecule is CC(C)CC(NC(=O)C(N)CC(N)=O)C(=O)NC(C)C(=O)NC(Cc1c[nH]c2ccccc12)C(=O)O. The van der Waals surface area contributed by atoms with E-state index in [1.54, 1.807) is 6.20 Å². The molecular formula is C24H34N6O6. The van der Waals surface area contributed by atoms with Gasteiger partial charge in [-0.25, -0.2) is 4.79 Å². The third-order valence-electron chi connectivity index (χ3n) is 5.56. The van der Waals surface area contributed by atoms with E-state index in [0.29, 0.717) is 0 Å². The van der Waals surface area contributed by atoms with Crippen LogP contribution in [0.1, 0.15) is 39.2 Å². The summed E-state index contributed by atoms with van der Waals surface area (Å²) >= 11 is 0. The predicted octanol–water partition coefficient (Wildman–Crippen LogP) is -0.482. The molecule has 0 spiro atoms. The average Bonchev–Trinajstić information content (AvgIpc) is 3.19. The van der Waals surface area contributed by atoms with Crippen LogP contribution in [0.15, 0.2) is 30.5 Å². The van der Waals surface area contributed by atoms with E-state index in [-0.39, 0.29) is 25.2 Å². The molecule has 12 nitrogen and oxygen atoms in total. The first-order chi connectivity index (χ1) is 16.9. The second-order valence-electron chi connectivity index (χ2n) is 9.16. The van der Waals surface area contributed by atoms with Crippen LogP contribution in [0.4, 0.5) is 0 Å². The lowest BCUT2D eigenvalue weighted by Crippen LogP contribution is -2.57. The Hall–Kier alpha value is -3.93. The lowest BCUT2D eigenvalue weighted by molar-refractivity contribution is -0.142. The fraction of sp³-hybridized carbons (Fsp3) is 0.458. The molecule has 4 atom stereocenters. The average molecular weight is 503 g/mol. The highest BCUT2D eigenvalue weighted by atomic mass is 16.4. The summed E-state index contributed by atoms with van der Waals surface area (Å²) in [5, 5.41) is 18.0. The maximum atomic E-state index is 12.8. The van der Waals surface area contributed by atoms with Gasteiger partial charge in [0, 0.05) is 23.5 Å². The second kappa shape index (κ2) is 12.7. The van der Waals surface area contributed by atoms with Gasteiger partial charge in [0.05, 0.1) is 12.5 Å². The van der Waals surface area contributed by atoms with Crippen LogP contribution in [-0.2, 0) is 30.4 Å². The smallest absolute Gasteiger partial charge is 0.326 e. The molecule has 0 saturated heterocycles. The van der Waals surface area contributed by atoms with Gasteiger partial charge in [0.2, 0.25) is 23.6 Å². The zero-order valence-electron chi connectivity index (χ0n) is 20.5. The Labute approximate surface area is 208 Å². The van der Waals surface area contributed by atoms with Crippen LogP contribution in [0.2, 0.25) is 0 Å². The lowest BCUT2D eigenvalue weighted by atomic mass is 10.0. The van der Waals surface area contributed by atoms with Crippen LogP contribution < -0.4 is 27.4 Å². The van der Waals surface area contributed by atoms with Crippen LogP contribution in [-0.4, -0.2) is 63.9 Å². The topological polar surface area (TPSA) is 209 Å². The molecule has 1 heterocycles. The summed E-state index contributed by atoms with van der Waals surface area (Å²) in [6.45, 7) is 5.09. The molecule has 0 bridgehead atoms. The highest BCUT2D eigenvalue weighted by Gasteiger charge is 2.29. The number of carboxylic acids is 1. The van der Waals surface area contributed by atoms with Crippen molar-refractivity contribution in [3.63, 3.8) is 0 Å². The summed E-state index contributed by atoms with van der Waals surface area (Å²) in [5.41, 5.74) is 12.3. The third-order valence-corrected chi connectivity index (χ3v) is 5.56. The minimum absolute atomic E-state index is 0.00473. The van der Waals surface area contributed by atoms with Gasteiger partial charge < -0.3 is 37.5 Å². The molecule has 1 aromatic carbocycles. The number of rotatable bonds is 13. The normalized spacial score (nSPS) is 14.5. The standard InChI is InChI=1S/C24H34N6O6/c1-12(2)8-18(29-22(33)16(25)10-20(26)31)23(34)28-13(3)21(32)30-19(24(35)36)9-14-11-27-17-7-5-4-6-15(14)17/h4-7,11-13,16,18-19,27H,8-10,25H2,1-3H3,(H2,26,31)(H,28,34)(H,29,33)(H,30,32)(H,35,36). The number of primary amides is 1. The van der Waals surface area contributed by atoms with Gasteiger partial charge >= 0.3 is 5.97 Å². The molecule has 0 fully saturated rings. The summed E-state index contributed by atoms with van der Waals surface area (Å²) in [6.07, 6.45) is 1.59. The molecule has 0 saturated carbocycles. The molecule has 0 radical (unpaired) electrons. The van der Waals surface area contributed by atoms with Gasteiger partial charge in [0.1, 0.15) is 18.1 Å². The van der Waals surface area contributed by atoms with E-state index in [2.05, 4.69) is 20.9 Å². The first-order valence-corrected chi connectivity index (χ1v) is 11.6. The number of fused-ring (bicyclic) bond motifs is 1. The van der Waals surface area contributed by atoms with Crippen molar-refractivity contribution in [2.45, 2.75) is 64.2 Å². The number of aliphatic carboxylic acids is 1. The maximum Gasteiger partial charge on any atom is 0.326 e. The Kier molecular flexibility index (Phi) is 9.97.